The lowest BCUT2D eigenvalue weighted by Crippen LogP contribution is -2.44. The van der Waals surface area contributed by atoms with Crippen LogP contribution in [0.2, 0.25) is 0 Å². The maximum Gasteiger partial charge on any atom is 0.315 e. The molecule has 0 radical (unpaired) electrons. The maximum absolute atomic E-state index is 12.9. The molecule has 2 amide bonds. The third-order valence-corrected chi connectivity index (χ3v) is 4.02. The van der Waals surface area contributed by atoms with Crippen LogP contribution in [-0.2, 0) is 16.3 Å². The van der Waals surface area contributed by atoms with Gasteiger partial charge >= 0.3 is 6.03 Å². The third kappa shape index (κ3) is 7.08. The molecule has 1 unspecified atom stereocenters. The van der Waals surface area contributed by atoms with Gasteiger partial charge < -0.3 is 10.6 Å². The quantitative estimate of drug-likeness (QED) is 0.833. The first kappa shape index (κ1) is 17.4. The van der Waals surface area contributed by atoms with Gasteiger partial charge in [-0.3, -0.25) is 0 Å². The minimum Gasteiger partial charge on any atom is -0.338 e. The monoisotopic (exact) mass is 316 g/mol. The lowest BCUT2D eigenvalue weighted by Gasteiger charge is -2.14. The number of hydrogen-bond donors (Lipinski definition) is 2. The normalized spacial score (nSPS) is 12.8. The summed E-state index contributed by atoms with van der Waals surface area (Å²) >= 11 is 0. The fraction of sp³-hybridized carbons (Fsp3) is 0.500. The van der Waals surface area contributed by atoms with Crippen LogP contribution in [0.5, 0.6) is 0 Å². The Hall–Kier alpha value is -1.63. The van der Waals surface area contributed by atoms with Crippen molar-refractivity contribution in [1.29, 1.82) is 0 Å². The summed E-state index contributed by atoms with van der Waals surface area (Å²) in [5.74, 6) is -0.381. The summed E-state index contributed by atoms with van der Waals surface area (Å²) in [6, 6.07) is 3.66. The first-order valence-corrected chi connectivity index (χ1v) is 8.70. The number of carbonyl (C=O) groups excluding carboxylic acids is 1. The Morgan fingerprint density at radius 3 is 2.62 bits per heavy atom. The molecule has 1 aromatic rings. The van der Waals surface area contributed by atoms with Crippen molar-refractivity contribution in [3.05, 3.63) is 35.1 Å². The van der Waals surface area contributed by atoms with E-state index < -0.39 is 21.9 Å². The predicted molar refractivity (Wildman–Crippen MR) is 80.5 cm³/mol. The van der Waals surface area contributed by atoms with E-state index in [1.54, 1.807) is 13.0 Å². The van der Waals surface area contributed by atoms with Gasteiger partial charge in [-0.15, -0.1) is 0 Å². The molecule has 7 heteroatoms. The van der Waals surface area contributed by atoms with E-state index in [1.165, 1.54) is 12.1 Å². The molecule has 0 bridgehead atoms. The molecule has 0 saturated heterocycles. The molecule has 0 aromatic heterocycles. The molecule has 0 spiro atoms. The summed E-state index contributed by atoms with van der Waals surface area (Å²) in [6.45, 7) is 3.83. The van der Waals surface area contributed by atoms with Crippen molar-refractivity contribution in [2.75, 3.05) is 18.6 Å². The van der Waals surface area contributed by atoms with E-state index in [2.05, 4.69) is 10.6 Å². The topological polar surface area (TPSA) is 75.3 Å². The van der Waals surface area contributed by atoms with Crippen molar-refractivity contribution in [3.8, 4) is 0 Å². The van der Waals surface area contributed by atoms with E-state index in [9.17, 15) is 17.6 Å². The number of amides is 2. The van der Waals surface area contributed by atoms with Crippen LogP contribution >= 0.6 is 0 Å². The van der Waals surface area contributed by atoms with Gasteiger partial charge in [-0.25, -0.2) is 17.6 Å². The molecular formula is C14H21FN2O3S. The molecule has 118 valence electrons. The zero-order chi connectivity index (χ0) is 16.0. The van der Waals surface area contributed by atoms with Gasteiger partial charge in [0.05, 0.1) is 5.75 Å². The Kier molecular flexibility index (Phi) is 6.14. The second kappa shape index (κ2) is 7.40. The molecule has 1 aromatic carbocycles. The molecule has 21 heavy (non-hydrogen) atoms. The average Bonchev–Trinajstić information content (AvgIpc) is 2.29. The number of urea groups is 1. The molecule has 0 aliphatic rings. The Balaban J connectivity index is 2.37. The molecule has 2 N–H and O–H groups in total. The Morgan fingerprint density at radius 1 is 1.38 bits per heavy atom. The minimum absolute atomic E-state index is 0.0997. The molecule has 1 rings (SSSR count). The van der Waals surface area contributed by atoms with E-state index >= 15 is 0 Å². The van der Waals surface area contributed by atoms with Crippen LogP contribution in [-0.4, -0.2) is 39.0 Å². The summed E-state index contributed by atoms with van der Waals surface area (Å²) in [5, 5.41) is 5.21. The Labute approximate surface area is 124 Å². The number of rotatable bonds is 6. The van der Waals surface area contributed by atoms with Crippen LogP contribution in [0, 0.1) is 12.7 Å². The number of hydrogen-bond acceptors (Lipinski definition) is 3. The number of nitrogens with one attached hydrogen (secondary N) is 2. The lowest BCUT2D eigenvalue weighted by molar-refractivity contribution is 0.239. The number of aryl methyl sites for hydroxylation is 1. The van der Waals surface area contributed by atoms with Crippen molar-refractivity contribution in [2.24, 2.45) is 0 Å². The number of benzene rings is 1. The second-order valence-electron chi connectivity index (χ2n) is 5.21. The van der Waals surface area contributed by atoms with Gasteiger partial charge in [0.25, 0.3) is 0 Å². The first-order chi connectivity index (χ1) is 9.67. The molecule has 1 atom stereocenters. The average molecular weight is 316 g/mol. The fourth-order valence-electron chi connectivity index (χ4n) is 2.02. The molecule has 0 aliphatic carbocycles. The van der Waals surface area contributed by atoms with Crippen molar-refractivity contribution in [3.63, 3.8) is 0 Å². The zero-order valence-corrected chi connectivity index (χ0v) is 13.3. The smallest absolute Gasteiger partial charge is 0.315 e. The van der Waals surface area contributed by atoms with Crippen molar-refractivity contribution >= 4 is 15.9 Å². The third-order valence-electron chi connectivity index (χ3n) is 2.91. The van der Waals surface area contributed by atoms with Crippen molar-refractivity contribution in [2.45, 2.75) is 26.3 Å². The summed E-state index contributed by atoms with van der Waals surface area (Å²) in [4.78, 5) is 11.6. The maximum atomic E-state index is 12.9. The first-order valence-electron chi connectivity index (χ1n) is 6.64. The van der Waals surface area contributed by atoms with Crippen LogP contribution in [0.15, 0.2) is 18.2 Å². The standard InChI is InChI=1S/C14H21FN2O3S/c1-10-8-13(15)5-4-12(10)6-7-16-14(18)17-11(2)9-21(3,19)20/h4-5,8,11H,6-7,9H2,1-3H3,(H2,16,17,18). The number of halogens is 1. The van der Waals surface area contributed by atoms with Crippen molar-refractivity contribution in [1.82, 2.24) is 10.6 Å². The SMILES string of the molecule is Cc1cc(F)ccc1CCNC(=O)NC(C)CS(C)(=O)=O. The fourth-order valence-corrected chi connectivity index (χ4v) is 3.01. The Morgan fingerprint density at radius 2 is 2.05 bits per heavy atom. The summed E-state index contributed by atoms with van der Waals surface area (Å²) in [7, 11) is -3.12. The molecule has 0 fully saturated rings. The molecule has 0 heterocycles. The largest absolute Gasteiger partial charge is 0.338 e. The number of sulfone groups is 1. The van der Waals surface area contributed by atoms with Crippen LogP contribution in [0.4, 0.5) is 9.18 Å². The highest BCUT2D eigenvalue weighted by Crippen LogP contribution is 2.10. The van der Waals surface area contributed by atoms with Gasteiger partial charge in [-0.2, -0.15) is 0 Å². The minimum atomic E-state index is -3.12. The lowest BCUT2D eigenvalue weighted by atomic mass is 10.1. The highest BCUT2D eigenvalue weighted by Gasteiger charge is 2.12. The van der Waals surface area contributed by atoms with Gasteiger partial charge in [0.15, 0.2) is 0 Å². The van der Waals surface area contributed by atoms with Gasteiger partial charge in [0.2, 0.25) is 0 Å². The van der Waals surface area contributed by atoms with E-state index in [0.29, 0.717) is 13.0 Å². The molecule has 0 aliphatic heterocycles. The summed E-state index contributed by atoms with van der Waals surface area (Å²) < 4.78 is 35.1. The van der Waals surface area contributed by atoms with Gasteiger partial charge in [-0.1, -0.05) is 6.07 Å². The van der Waals surface area contributed by atoms with Crippen LogP contribution < -0.4 is 10.6 Å². The van der Waals surface area contributed by atoms with Crippen LogP contribution in [0.1, 0.15) is 18.1 Å². The highest BCUT2D eigenvalue weighted by atomic mass is 32.2. The molecule has 0 saturated carbocycles. The van der Waals surface area contributed by atoms with E-state index in [-0.39, 0.29) is 11.6 Å². The predicted octanol–water partition coefficient (Wildman–Crippen LogP) is 1.41. The van der Waals surface area contributed by atoms with Gasteiger partial charge in [-0.05, 0) is 43.5 Å². The zero-order valence-electron chi connectivity index (χ0n) is 12.4. The number of carbonyl (C=O) groups is 1. The van der Waals surface area contributed by atoms with E-state index in [1.807, 2.05) is 6.92 Å². The van der Waals surface area contributed by atoms with E-state index in [0.717, 1.165) is 17.4 Å². The Bertz CT molecular complexity index is 602. The van der Waals surface area contributed by atoms with E-state index in [4.69, 9.17) is 0 Å². The summed E-state index contributed by atoms with van der Waals surface area (Å²) in [5.41, 5.74) is 1.79. The second-order valence-corrected chi connectivity index (χ2v) is 7.40. The van der Waals surface area contributed by atoms with Crippen LogP contribution in [0.25, 0.3) is 0 Å². The highest BCUT2D eigenvalue weighted by molar-refractivity contribution is 7.90. The van der Waals surface area contributed by atoms with Gasteiger partial charge in [0.1, 0.15) is 15.7 Å². The van der Waals surface area contributed by atoms with Crippen LogP contribution in [0.3, 0.4) is 0 Å². The van der Waals surface area contributed by atoms with Gasteiger partial charge in [0, 0.05) is 18.8 Å². The molecule has 5 nitrogen and oxygen atoms in total. The van der Waals surface area contributed by atoms with Crippen molar-refractivity contribution < 1.29 is 17.6 Å². The molecular weight excluding hydrogens is 295 g/mol. The summed E-state index contributed by atoms with van der Waals surface area (Å²) in [6.07, 6.45) is 1.71.